The predicted octanol–water partition coefficient (Wildman–Crippen LogP) is -1.40. The molecule has 0 saturated heterocycles. The second kappa shape index (κ2) is 8.16. The van der Waals surface area contributed by atoms with E-state index in [1.807, 2.05) is 0 Å². The largest absolute Gasteiger partial charge is 0.469 e. The fourth-order valence-electron chi connectivity index (χ4n) is 0.771. The smallest absolute Gasteiger partial charge is 0.325 e. The molecule has 0 rings (SSSR count). The van der Waals surface area contributed by atoms with E-state index < -0.39 is 18.0 Å². The molecule has 0 aromatic heterocycles. The summed E-state index contributed by atoms with van der Waals surface area (Å²) in [5, 5.41) is 8.43. The van der Waals surface area contributed by atoms with Gasteiger partial charge in [-0.05, 0) is 0 Å². The molecule has 1 atom stereocenters. The normalized spacial score (nSPS) is 11.9. The van der Waals surface area contributed by atoms with Crippen molar-refractivity contribution in [3.05, 3.63) is 0 Å². The number of rotatable bonds is 7. The molecule has 0 bridgehead atoms. The SMILES string of the molecule is COC(=O)C[C@H](NOCCO)C(=O)OC. The Kier molecular flexibility index (Phi) is 7.51. The fourth-order valence-corrected chi connectivity index (χ4v) is 0.771. The van der Waals surface area contributed by atoms with E-state index in [1.54, 1.807) is 0 Å². The molecule has 7 nitrogen and oxygen atoms in total. The lowest BCUT2D eigenvalue weighted by Gasteiger charge is -2.14. The third-order valence-electron chi connectivity index (χ3n) is 1.50. The quantitative estimate of drug-likeness (QED) is 0.310. The topological polar surface area (TPSA) is 94.1 Å². The first-order valence-electron chi connectivity index (χ1n) is 4.28. The maximum absolute atomic E-state index is 11.1. The lowest BCUT2D eigenvalue weighted by atomic mass is 10.2. The van der Waals surface area contributed by atoms with Crippen LogP contribution in [0.25, 0.3) is 0 Å². The van der Waals surface area contributed by atoms with Gasteiger partial charge in [-0.3, -0.25) is 14.4 Å². The van der Waals surface area contributed by atoms with E-state index in [1.165, 1.54) is 14.2 Å². The van der Waals surface area contributed by atoms with E-state index >= 15 is 0 Å². The Morgan fingerprint density at radius 1 is 1.33 bits per heavy atom. The van der Waals surface area contributed by atoms with Crippen LogP contribution in [0.5, 0.6) is 0 Å². The highest BCUT2D eigenvalue weighted by Crippen LogP contribution is 1.97. The standard InChI is InChI=1S/C8H15NO6/c1-13-7(11)5-6(8(12)14-2)9-15-4-3-10/h6,9-10H,3-5H2,1-2H3/t6-/m0/s1. The lowest BCUT2D eigenvalue weighted by molar-refractivity contribution is -0.154. The van der Waals surface area contributed by atoms with E-state index in [4.69, 9.17) is 9.94 Å². The third kappa shape index (κ3) is 6.00. The molecule has 2 N–H and O–H groups in total. The van der Waals surface area contributed by atoms with Crippen molar-refractivity contribution in [3.8, 4) is 0 Å². The van der Waals surface area contributed by atoms with Crippen LogP contribution in [-0.2, 0) is 23.9 Å². The first kappa shape index (κ1) is 13.8. The van der Waals surface area contributed by atoms with Crippen LogP contribution in [-0.4, -0.2) is 50.5 Å². The predicted molar refractivity (Wildman–Crippen MR) is 48.6 cm³/mol. The molecular weight excluding hydrogens is 206 g/mol. The molecule has 0 aliphatic heterocycles. The molecule has 7 heteroatoms. The van der Waals surface area contributed by atoms with Crippen LogP contribution in [0.4, 0.5) is 0 Å². The number of ether oxygens (including phenoxy) is 2. The number of carbonyl (C=O) groups is 2. The zero-order valence-electron chi connectivity index (χ0n) is 8.69. The van der Waals surface area contributed by atoms with Crippen molar-refractivity contribution in [2.45, 2.75) is 12.5 Å². The van der Waals surface area contributed by atoms with Gasteiger partial charge in [0.25, 0.3) is 0 Å². The third-order valence-corrected chi connectivity index (χ3v) is 1.50. The second-order valence-corrected chi connectivity index (χ2v) is 2.55. The highest BCUT2D eigenvalue weighted by molar-refractivity contribution is 5.82. The summed E-state index contributed by atoms with van der Waals surface area (Å²) in [6.45, 7) is -0.187. The van der Waals surface area contributed by atoms with E-state index in [0.29, 0.717) is 0 Å². The van der Waals surface area contributed by atoms with Gasteiger partial charge in [0.2, 0.25) is 0 Å². The fraction of sp³-hybridized carbons (Fsp3) is 0.750. The Morgan fingerprint density at radius 2 is 2.00 bits per heavy atom. The number of carbonyl (C=O) groups excluding carboxylic acids is 2. The average Bonchev–Trinajstić information content (AvgIpc) is 2.26. The van der Waals surface area contributed by atoms with Gasteiger partial charge in [0, 0.05) is 0 Å². The van der Waals surface area contributed by atoms with E-state index in [9.17, 15) is 9.59 Å². The number of hydrogen-bond acceptors (Lipinski definition) is 7. The molecule has 0 unspecified atom stereocenters. The van der Waals surface area contributed by atoms with Crippen LogP contribution >= 0.6 is 0 Å². The Balaban J connectivity index is 4.06. The molecular formula is C8H15NO6. The minimum absolute atomic E-state index is 0.00860. The highest BCUT2D eigenvalue weighted by atomic mass is 16.7. The number of aliphatic hydroxyl groups excluding tert-OH is 1. The number of hydroxylamine groups is 1. The molecule has 0 aliphatic rings. The molecule has 0 saturated carbocycles. The molecule has 0 radical (unpaired) electrons. The van der Waals surface area contributed by atoms with Crippen molar-refractivity contribution in [1.82, 2.24) is 5.48 Å². The van der Waals surface area contributed by atoms with Crippen molar-refractivity contribution in [2.24, 2.45) is 0 Å². The summed E-state index contributed by atoms with van der Waals surface area (Å²) in [5.41, 5.74) is 2.30. The van der Waals surface area contributed by atoms with Gasteiger partial charge in [-0.25, -0.2) is 0 Å². The average molecular weight is 221 g/mol. The van der Waals surface area contributed by atoms with E-state index in [0.717, 1.165) is 0 Å². The van der Waals surface area contributed by atoms with E-state index in [2.05, 4.69) is 15.0 Å². The Hall–Kier alpha value is -1.18. The number of nitrogens with one attached hydrogen (secondary N) is 1. The molecule has 15 heavy (non-hydrogen) atoms. The minimum atomic E-state index is -0.936. The maximum Gasteiger partial charge on any atom is 0.325 e. The van der Waals surface area contributed by atoms with Gasteiger partial charge >= 0.3 is 11.9 Å². The van der Waals surface area contributed by atoms with Gasteiger partial charge in [-0.15, -0.1) is 0 Å². The number of aliphatic hydroxyl groups is 1. The van der Waals surface area contributed by atoms with E-state index in [-0.39, 0.29) is 19.6 Å². The first-order chi connectivity index (χ1) is 7.15. The Labute approximate surface area is 87.3 Å². The number of methoxy groups -OCH3 is 2. The summed E-state index contributed by atoms with van der Waals surface area (Å²) in [5.74, 6) is -1.20. The summed E-state index contributed by atoms with van der Waals surface area (Å²) < 4.78 is 8.83. The van der Waals surface area contributed by atoms with Crippen LogP contribution in [0.1, 0.15) is 6.42 Å². The number of hydrogen-bond donors (Lipinski definition) is 2. The van der Waals surface area contributed by atoms with Crippen molar-refractivity contribution in [3.63, 3.8) is 0 Å². The second-order valence-electron chi connectivity index (χ2n) is 2.55. The molecule has 0 aliphatic carbocycles. The summed E-state index contributed by atoms with van der Waals surface area (Å²) in [6.07, 6.45) is -0.200. The molecule has 0 aromatic rings. The lowest BCUT2D eigenvalue weighted by Crippen LogP contribution is -2.40. The van der Waals surface area contributed by atoms with Gasteiger partial charge in [-0.1, -0.05) is 0 Å². The maximum atomic E-state index is 11.1. The van der Waals surface area contributed by atoms with Gasteiger partial charge in [0.05, 0.1) is 33.9 Å². The van der Waals surface area contributed by atoms with Gasteiger partial charge in [0.15, 0.2) is 0 Å². The highest BCUT2D eigenvalue weighted by Gasteiger charge is 2.23. The van der Waals surface area contributed by atoms with Crippen LogP contribution in [0.3, 0.4) is 0 Å². The molecule has 0 heterocycles. The summed E-state index contributed by atoms with van der Waals surface area (Å²) >= 11 is 0. The van der Waals surface area contributed by atoms with Crippen molar-refractivity contribution in [1.29, 1.82) is 0 Å². The molecule has 0 spiro atoms. The van der Waals surface area contributed by atoms with Crippen molar-refractivity contribution >= 4 is 11.9 Å². The van der Waals surface area contributed by atoms with Gasteiger partial charge in [-0.2, -0.15) is 5.48 Å². The Bertz CT molecular complexity index is 207. The zero-order valence-corrected chi connectivity index (χ0v) is 8.69. The van der Waals surface area contributed by atoms with Gasteiger partial charge in [0.1, 0.15) is 6.04 Å². The minimum Gasteiger partial charge on any atom is -0.469 e. The molecule has 0 fully saturated rings. The summed E-state index contributed by atoms with van der Waals surface area (Å²) in [4.78, 5) is 26.7. The van der Waals surface area contributed by atoms with Gasteiger partial charge < -0.3 is 14.6 Å². The zero-order chi connectivity index (χ0) is 11.7. The monoisotopic (exact) mass is 221 g/mol. The molecule has 0 amide bonds. The van der Waals surface area contributed by atoms with Crippen molar-refractivity contribution in [2.75, 3.05) is 27.4 Å². The Morgan fingerprint density at radius 3 is 2.47 bits per heavy atom. The summed E-state index contributed by atoms with van der Waals surface area (Å²) in [6, 6.07) is -0.936. The van der Waals surface area contributed by atoms with Crippen LogP contribution in [0.2, 0.25) is 0 Å². The number of esters is 2. The van der Waals surface area contributed by atoms with Crippen LogP contribution in [0, 0.1) is 0 Å². The van der Waals surface area contributed by atoms with Crippen LogP contribution in [0.15, 0.2) is 0 Å². The first-order valence-corrected chi connectivity index (χ1v) is 4.28. The summed E-state index contributed by atoms with van der Waals surface area (Å²) in [7, 11) is 2.41. The van der Waals surface area contributed by atoms with Crippen LogP contribution < -0.4 is 5.48 Å². The van der Waals surface area contributed by atoms with Crippen molar-refractivity contribution < 1.29 is 29.0 Å². The molecule has 0 aromatic carbocycles. The molecule has 88 valence electrons.